The van der Waals surface area contributed by atoms with Crippen LogP contribution in [-0.4, -0.2) is 69.4 Å². The van der Waals surface area contributed by atoms with Crippen molar-refractivity contribution in [1.82, 2.24) is 5.32 Å². The number of rotatable bonds is 53. The van der Waals surface area contributed by atoms with Crippen molar-refractivity contribution < 1.29 is 37.3 Å². The van der Waals surface area contributed by atoms with Crippen molar-refractivity contribution >= 4 is 19.7 Å². The number of quaternary nitrogens is 1. The van der Waals surface area contributed by atoms with Gasteiger partial charge in [-0.3, -0.25) is 14.2 Å². The van der Waals surface area contributed by atoms with Crippen molar-refractivity contribution in [2.24, 2.45) is 0 Å². The molecule has 0 aliphatic carbocycles. The van der Waals surface area contributed by atoms with Crippen molar-refractivity contribution in [3.05, 3.63) is 85.1 Å². The number of carbonyl (C=O) groups is 2. The van der Waals surface area contributed by atoms with Gasteiger partial charge in [-0.2, -0.15) is 0 Å². The average molecular weight is 1040 g/mol. The summed E-state index contributed by atoms with van der Waals surface area (Å²) >= 11 is 0. The molecule has 0 heterocycles. The summed E-state index contributed by atoms with van der Waals surface area (Å²) in [5.74, 6) is -0.610. The van der Waals surface area contributed by atoms with Gasteiger partial charge < -0.3 is 28.5 Å². The number of carbonyl (C=O) groups excluding carboxylic acids is 2. The number of nitrogens with one attached hydrogen (secondary N) is 1. The van der Waals surface area contributed by atoms with Crippen molar-refractivity contribution in [3.8, 4) is 0 Å². The zero-order valence-electron chi connectivity index (χ0n) is 48.1. The Kier molecular flexibility index (Phi) is 50.6. The van der Waals surface area contributed by atoms with Crippen molar-refractivity contribution in [2.45, 2.75) is 264 Å². The Morgan fingerprint density at radius 1 is 0.493 bits per heavy atom. The topological polar surface area (TPSA) is 114 Å². The van der Waals surface area contributed by atoms with Gasteiger partial charge in [-0.05, 0) is 102 Å². The van der Waals surface area contributed by atoms with E-state index in [-0.39, 0.29) is 31.3 Å². The Balaban J connectivity index is 5.42. The number of amides is 1. The molecule has 0 bridgehead atoms. The lowest BCUT2D eigenvalue weighted by atomic mass is 10.1. The maximum atomic E-state index is 13.5. The van der Waals surface area contributed by atoms with Gasteiger partial charge in [-0.1, -0.05) is 222 Å². The first kappa shape index (κ1) is 70.2. The Morgan fingerprint density at radius 2 is 0.877 bits per heavy atom. The maximum absolute atomic E-state index is 13.5. The third kappa shape index (κ3) is 53.8. The molecule has 73 heavy (non-hydrogen) atoms. The van der Waals surface area contributed by atoms with E-state index in [0.29, 0.717) is 23.9 Å². The number of likely N-dealkylation sites (N-methyl/N-ethyl adjacent to an activating group) is 1. The van der Waals surface area contributed by atoms with Gasteiger partial charge in [-0.15, -0.1) is 0 Å². The van der Waals surface area contributed by atoms with Crippen LogP contribution in [0.25, 0.3) is 0 Å². The van der Waals surface area contributed by atoms with E-state index in [1.165, 1.54) is 122 Å². The van der Waals surface area contributed by atoms with E-state index in [0.717, 1.165) is 83.5 Å². The van der Waals surface area contributed by atoms with E-state index < -0.39 is 26.6 Å². The first-order valence-electron chi connectivity index (χ1n) is 29.9. The third-order valence-corrected chi connectivity index (χ3v) is 13.8. The molecule has 0 rings (SSSR count). The van der Waals surface area contributed by atoms with Crippen LogP contribution in [0.3, 0.4) is 0 Å². The standard InChI is InChI=1S/C63H113N2O7P/c1-7-10-13-16-19-22-25-28-30-32-33-34-36-38-41-44-47-50-53-56-63(67)72-61(54-51-48-45-42-39-27-24-21-18-15-12-9-3)60(59-71-73(68,69)70-58-57-65(4,5)6)64-62(66)55-52-49-46-43-40-37-35-31-29-26-23-20-17-14-11-8-2/h19,22,28,30-31,33-35,37-38,40-41,51,54,60-61H,7-18,20-21,23-27,29,32,36,39,42-50,52-53,55-59H2,1-6H3,(H-,64,66,68,69)/b22-19-,30-28-,34-33-,35-31+,40-37+,41-38-,54-51+. The molecular formula is C63H113N2O7P. The summed E-state index contributed by atoms with van der Waals surface area (Å²) in [7, 11) is 1.14. The number of unbranched alkanes of at least 4 members (excludes halogenated alkanes) is 26. The SMILES string of the molecule is CCCCC/C=C\C/C=C\C/C=C\C/C=C\CCCCCC(=O)OC(/C=C/CCCCCCCCCCCC)C(COP(=O)([O-])OCC[N+](C)(C)C)NC(=O)CCCCC/C=C/C=C/CCCCCCCCC. The van der Waals surface area contributed by atoms with E-state index in [1.807, 2.05) is 33.3 Å². The summed E-state index contributed by atoms with van der Waals surface area (Å²) < 4.78 is 30.2. The highest BCUT2D eigenvalue weighted by molar-refractivity contribution is 7.45. The number of hydrogen-bond acceptors (Lipinski definition) is 7. The first-order valence-corrected chi connectivity index (χ1v) is 31.4. The highest BCUT2D eigenvalue weighted by Gasteiger charge is 2.27. The van der Waals surface area contributed by atoms with E-state index in [2.05, 4.69) is 99.0 Å². The predicted molar refractivity (Wildman–Crippen MR) is 311 cm³/mol. The molecule has 0 aliphatic heterocycles. The third-order valence-electron chi connectivity index (χ3n) is 12.8. The fourth-order valence-corrected chi connectivity index (χ4v) is 8.86. The predicted octanol–water partition coefficient (Wildman–Crippen LogP) is 17.6. The number of esters is 1. The summed E-state index contributed by atoms with van der Waals surface area (Å²) in [6.07, 6.45) is 68.3. The molecule has 1 amide bonds. The van der Waals surface area contributed by atoms with Crippen LogP contribution in [0.2, 0.25) is 0 Å². The summed E-state index contributed by atoms with van der Waals surface area (Å²) in [5, 5.41) is 3.00. The van der Waals surface area contributed by atoms with Crippen LogP contribution in [0.15, 0.2) is 85.1 Å². The lowest BCUT2D eigenvalue weighted by Gasteiger charge is -2.30. The van der Waals surface area contributed by atoms with Crippen LogP contribution in [0.1, 0.15) is 252 Å². The van der Waals surface area contributed by atoms with Crippen molar-refractivity contribution in [3.63, 3.8) is 0 Å². The van der Waals surface area contributed by atoms with Gasteiger partial charge in [0.1, 0.15) is 19.3 Å². The minimum atomic E-state index is -4.71. The number of phosphoric ester groups is 1. The number of nitrogens with zero attached hydrogens (tertiary/aromatic N) is 1. The Bertz CT molecular complexity index is 1530. The maximum Gasteiger partial charge on any atom is 0.306 e. The van der Waals surface area contributed by atoms with Gasteiger partial charge in [0.2, 0.25) is 5.91 Å². The molecule has 422 valence electrons. The van der Waals surface area contributed by atoms with Gasteiger partial charge in [0.15, 0.2) is 0 Å². The summed E-state index contributed by atoms with van der Waals surface area (Å²) in [6.45, 7) is 6.76. The first-order chi connectivity index (χ1) is 35.4. The zero-order chi connectivity index (χ0) is 53.6. The summed E-state index contributed by atoms with van der Waals surface area (Å²) in [4.78, 5) is 39.9. The molecule has 0 saturated heterocycles. The monoisotopic (exact) mass is 1040 g/mol. The highest BCUT2D eigenvalue weighted by atomic mass is 31.2. The molecule has 0 aromatic heterocycles. The number of allylic oxidation sites excluding steroid dienone is 13. The van der Waals surface area contributed by atoms with Crippen molar-refractivity contribution in [1.29, 1.82) is 0 Å². The van der Waals surface area contributed by atoms with Crippen LogP contribution in [0.4, 0.5) is 0 Å². The number of hydrogen-bond donors (Lipinski definition) is 1. The molecule has 0 spiro atoms. The fourth-order valence-electron chi connectivity index (χ4n) is 8.14. The molecule has 3 unspecified atom stereocenters. The quantitative estimate of drug-likeness (QED) is 0.0161. The smallest absolute Gasteiger partial charge is 0.306 e. The Hall–Kier alpha value is -2.81. The number of ether oxygens (including phenoxy) is 1. The van der Waals surface area contributed by atoms with E-state index in [9.17, 15) is 19.0 Å². The lowest BCUT2D eigenvalue weighted by Crippen LogP contribution is -2.47. The molecule has 0 fully saturated rings. The van der Waals surface area contributed by atoms with Crippen molar-refractivity contribution in [2.75, 3.05) is 40.9 Å². The molecular weight excluding hydrogens is 928 g/mol. The molecule has 3 atom stereocenters. The van der Waals surface area contributed by atoms with E-state index in [4.69, 9.17) is 13.8 Å². The molecule has 10 heteroatoms. The molecule has 0 saturated carbocycles. The second-order valence-electron chi connectivity index (χ2n) is 21.2. The second-order valence-corrected chi connectivity index (χ2v) is 22.6. The fraction of sp³-hybridized carbons (Fsp3) is 0.746. The van der Waals surface area contributed by atoms with Crippen LogP contribution < -0.4 is 10.2 Å². The second kappa shape index (κ2) is 52.6. The van der Waals surface area contributed by atoms with Gasteiger partial charge in [0.25, 0.3) is 7.82 Å². The Morgan fingerprint density at radius 3 is 1.36 bits per heavy atom. The normalized spacial score (nSPS) is 14.3. The van der Waals surface area contributed by atoms with Crippen LogP contribution in [0.5, 0.6) is 0 Å². The van der Waals surface area contributed by atoms with Gasteiger partial charge in [-0.25, -0.2) is 0 Å². The average Bonchev–Trinajstić information content (AvgIpc) is 3.35. The highest BCUT2D eigenvalue weighted by Crippen LogP contribution is 2.38. The minimum Gasteiger partial charge on any atom is -0.756 e. The zero-order valence-corrected chi connectivity index (χ0v) is 49.0. The molecule has 1 N–H and O–H groups in total. The molecule has 0 aliphatic rings. The number of phosphoric acid groups is 1. The Labute approximate surface area is 450 Å². The van der Waals surface area contributed by atoms with Crippen LogP contribution >= 0.6 is 7.82 Å². The largest absolute Gasteiger partial charge is 0.756 e. The summed E-state index contributed by atoms with van der Waals surface area (Å²) in [6, 6.07) is -0.919. The molecule has 9 nitrogen and oxygen atoms in total. The molecule has 0 aromatic carbocycles. The van der Waals surface area contributed by atoms with Crippen LogP contribution in [-0.2, 0) is 27.9 Å². The molecule has 0 radical (unpaired) electrons. The van der Waals surface area contributed by atoms with Gasteiger partial charge >= 0.3 is 5.97 Å². The molecule has 0 aromatic rings. The lowest BCUT2D eigenvalue weighted by molar-refractivity contribution is -0.870. The van der Waals surface area contributed by atoms with E-state index in [1.54, 1.807) is 0 Å². The van der Waals surface area contributed by atoms with Crippen LogP contribution in [0, 0.1) is 0 Å². The minimum absolute atomic E-state index is 0.0361. The van der Waals surface area contributed by atoms with E-state index >= 15 is 0 Å². The summed E-state index contributed by atoms with van der Waals surface area (Å²) in [5.41, 5.74) is 0. The van der Waals surface area contributed by atoms with Gasteiger partial charge in [0.05, 0.1) is 33.8 Å². The van der Waals surface area contributed by atoms with Gasteiger partial charge in [0, 0.05) is 12.8 Å².